The van der Waals surface area contributed by atoms with E-state index in [1.54, 1.807) is 0 Å². The highest BCUT2D eigenvalue weighted by atomic mass is 16.5. The summed E-state index contributed by atoms with van der Waals surface area (Å²) in [6, 6.07) is 2.44. The Morgan fingerprint density at radius 3 is 2.83 bits per heavy atom. The number of hydrogen-bond donors (Lipinski definition) is 1. The Kier molecular flexibility index (Phi) is 7.26. The lowest BCUT2D eigenvalue weighted by atomic mass is 9.81. The van der Waals surface area contributed by atoms with Crippen LogP contribution in [0.1, 0.15) is 46.0 Å². The van der Waals surface area contributed by atoms with Gasteiger partial charge in [-0.25, -0.2) is 0 Å². The van der Waals surface area contributed by atoms with Crippen LogP contribution in [0.15, 0.2) is 0 Å². The fraction of sp³-hybridized carbons (Fsp3) is 0.929. The van der Waals surface area contributed by atoms with Gasteiger partial charge in [-0.15, -0.1) is 0 Å². The molecule has 0 bridgehead atoms. The third-order valence-electron chi connectivity index (χ3n) is 3.36. The molecule has 0 heterocycles. The van der Waals surface area contributed by atoms with Crippen molar-refractivity contribution in [2.24, 2.45) is 0 Å². The molecule has 0 saturated heterocycles. The average Bonchev–Trinajstić information content (AvgIpc) is 2.39. The van der Waals surface area contributed by atoms with Gasteiger partial charge in [-0.3, -0.25) is 5.32 Å². The maximum atomic E-state index is 9.34. The molecule has 0 aromatic carbocycles. The van der Waals surface area contributed by atoms with Crippen molar-refractivity contribution in [1.29, 1.82) is 5.26 Å². The van der Waals surface area contributed by atoms with E-state index in [-0.39, 0.29) is 11.6 Å². The number of nitrogens with one attached hydrogen (secondary N) is 1. The van der Waals surface area contributed by atoms with Gasteiger partial charge in [-0.1, -0.05) is 13.8 Å². The molecule has 1 aliphatic rings. The number of rotatable bonds is 8. The van der Waals surface area contributed by atoms with Gasteiger partial charge >= 0.3 is 0 Å². The van der Waals surface area contributed by atoms with Crippen LogP contribution in [-0.2, 0) is 9.47 Å². The van der Waals surface area contributed by atoms with E-state index in [4.69, 9.17) is 9.47 Å². The molecule has 1 fully saturated rings. The molecule has 2 unspecified atom stereocenters. The second-order valence-corrected chi connectivity index (χ2v) is 4.93. The first-order valence-electron chi connectivity index (χ1n) is 7.12. The Bertz CT molecular complexity index is 261. The SMILES string of the molecule is CCCOCCOC1CCCC(C#N)(NCC)C1. The molecule has 2 atom stereocenters. The first kappa shape index (κ1) is 15.4. The normalized spacial score (nSPS) is 27.9. The highest BCUT2D eigenvalue weighted by Gasteiger charge is 2.36. The summed E-state index contributed by atoms with van der Waals surface area (Å²) in [6.45, 7) is 7.07. The van der Waals surface area contributed by atoms with Crippen molar-refractivity contribution in [1.82, 2.24) is 5.32 Å². The highest BCUT2D eigenvalue weighted by Crippen LogP contribution is 2.29. The van der Waals surface area contributed by atoms with Gasteiger partial charge in [0, 0.05) is 13.0 Å². The summed E-state index contributed by atoms with van der Waals surface area (Å²) in [5.41, 5.74) is -0.373. The Hall–Kier alpha value is -0.630. The minimum Gasteiger partial charge on any atom is -0.379 e. The molecule has 1 N–H and O–H groups in total. The minimum absolute atomic E-state index is 0.197. The molecule has 4 nitrogen and oxygen atoms in total. The molecular weight excluding hydrogens is 228 g/mol. The Morgan fingerprint density at radius 2 is 2.17 bits per heavy atom. The second-order valence-electron chi connectivity index (χ2n) is 4.93. The molecule has 18 heavy (non-hydrogen) atoms. The monoisotopic (exact) mass is 254 g/mol. The Labute approximate surface area is 111 Å². The van der Waals surface area contributed by atoms with E-state index < -0.39 is 0 Å². The van der Waals surface area contributed by atoms with Gasteiger partial charge in [0.05, 0.1) is 25.4 Å². The van der Waals surface area contributed by atoms with Crippen LogP contribution < -0.4 is 5.32 Å². The lowest BCUT2D eigenvalue weighted by Gasteiger charge is -2.36. The van der Waals surface area contributed by atoms with Crippen LogP contribution >= 0.6 is 0 Å². The Morgan fingerprint density at radius 1 is 1.33 bits per heavy atom. The zero-order valence-corrected chi connectivity index (χ0v) is 11.7. The fourth-order valence-corrected chi connectivity index (χ4v) is 2.53. The van der Waals surface area contributed by atoms with Crippen molar-refractivity contribution < 1.29 is 9.47 Å². The predicted octanol–water partition coefficient (Wildman–Crippen LogP) is 2.24. The summed E-state index contributed by atoms with van der Waals surface area (Å²) >= 11 is 0. The zero-order valence-electron chi connectivity index (χ0n) is 11.7. The van der Waals surface area contributed by atoms with Crippen molar-refractivity contribution in [3.8, 4) is 6.07 Å². The lowest BCUT2D eigenvalue weighted by Crippen LogP contribution is -2.49. The van der Waals surface area contributed by atoms with Crippen molar-refractivity contribution >= 4 is 0 Å². The van der Waals surface area contributed by atoms with Crippen molar-refractivity contribution in [2.45, 2.75) is 57.6 Å². The topological polar surface area (TPSA) is 54.3 Å². The molecule has 0 aromatic rings. The molecule has 1 aliphatic carbocycles. The molecule has 0 radical (unpaired) electrons. The maximum absolute atomic E-state index is 9.34. The van der Waals surface area contributed by atoms with E-state index in [0.717, 1.165) is 45.3 Å². The van der Waals surface area contributed by atoms with E-state index in [2.05, 4.69) is 18.3 Å². The van der Waals surface area contributed by atoms with Gasteiger partial charge in [0.2, 0.25) is 0 Å². The highest BCUT2D eigenvalue weighted by molar-refractivity contribution is 5.10. The summed E-state index contributed by atoms with van der Waals surface area (Å²) in [7, 11) is 0. The molecule has 1 saturated carbocycles. The largest absolute Gasteiger partial charge is 0.379 e. The molecular formula is C14H26N2O2. The van der Waals surface area contributed by atoms with Crippen LogP contribution in [0, 0.1) is 11.3 Å². The van der Waals surface area contributed by atoms with E-state index >= 15 is 0 Å². The molecule has 0 aromatic heterocycles. The van der Waals surface area contributed by atoms with Crippen LogP contribution in [-0.4, -0.2) is 38.0 Å². The standard InChI is InChI=1S/C14H26N2O2/c1-3-8-17-9-10-18-13-6-5-7-14(11-13,12-15)16-4-2/h13,16H,3-11H2,1-2H3. The van der Waals surface area contributed by atoms with Gasteiger partial charge < -0.3 is 9.47 Å². The van der Waals surface area contributed by atoms with E-state index in [1.165, 1.54) is 0 Å². The van der Waals surface area contributed by atoms with Crippen LogP contribution in [0.25, 0.3) is 0 Å². The lowest BCUT2D eigenvalue weighted by molar-refractivity contribution is -0.0218. The van der Waals surface area contributed by atoms with Gasteiger partial charge in [0.1, 0.15) is 5.54 Å². The van der Waals surface area contributed by atoms with Crippen molar-refractivity contribution in [3.05, 3.63) is 0 Å². The van der Waals surface area contributed by atoms with Crippen LogP contribution in [0.4, 0.5) is 0 Å². The zero-order chi connectivity index (χ0) is 13.3. The number of hydrogen-bond acceptors (Lipinski definition) is 4. The summed E-state index contributed by atoms with van der Waals surface area (Å²) in [6.07, 6.45) is 5.09. The summed E-state index contributed by atoms with van der Waals surface area (Å²) < 4.78 is 11.2. The summed E-state index contributed by atoms with van der Waals surface area (Å²) in [5.74, 6) is 0. The quantitative estimate of drug-likeness (QED) is 0.675. The first-order valence-corrected chi connectivity index (χ1v) is 7.12. The summed E-state index contributed by atoms with van der Waals surface area (Å²) in [5, 5.41) is 12.7. The summed E-state index contributed by atoms with van der Waals surface area (Å²) in [4.78, 5) is 0. The molecule has 4 heteroatoms. The Balaban J connectivity index is 2.28. The average molecular weight is 254 g/mol. The van der Waals surface area contributed by atoms with Gasteiger partial charge in [-0.05, 0) is 32.2 Å². The number of ether oxygens (including phenoxy) is 2. The minimum atomic E-state index is -0.373. The number of nitriles is 1. The predicted molar refractivity (Wildman–Crippen MR) is 71.3 cm³/mol. The first-order chi connectivity index (χ1) is 8.76. The molecule has 104 valence electrons. The van der Waals surface area contributed by atoms with E-state index in [0.29, 0.717) is 13.2 Å². The third-order valence-corrected chi connectivity index (χ3v) is 3.36. The van der Waals surface area contributed by atoms with Gasteiger partial charge in [0.25, 0.3) is 0 Å². The smallest absolute Gasteiger partial charge is 0.109 e. The maximum Gasteiger partial charge on any atom is 0.109 e. The van der Waals surface area contributed by atoms with Crippen molar-refractivity contribution in [3.63, 3.8) is 0 Å². The van der Waals surface area contributed by atoms with Crippen LogP contribution in [0.2, 0.25) is 0 Å². The van der Waals surface area contributed by atoms with Crippen LogP contribution in [0.5, 0.6) is 0 Å². The van der Waals surface area contributed by atoms with E-state index in [9.17, 15) is 5.26 Å². The molecule has 0 amide bonds. The van der Waals surface area contributed by atoms with Crippen LogP contribution in [0.3, 0.4) is 0 Å². The molecule has 0 spiro atoms. The fourth-order valence-electron chi connectivity index (χ4n) is 2.53. The molecule has 1 rings (SSSR count). The van der Waals surface area contributed by atoms with Gasteiger partial charge in [0.15, 0.2) is 0 Å². The van der Waals surface area contributed by atoms with Gasteiger partial charge in [-0.2, -0.15) is 5.26 Å². The van der Waals surface area contributed by atoms with Crippen molar-refractivity contribution in [2.75, 3.05) is 26.4 Å². The second kappa shape index (κ2) is 8.47. The third kappa shape index (κ3) is 4.93. The number of nitrogens with zero attached hydrogens (tertiary/aromatic N) is 1. The van der Waals surface area contributed by atoms with E-state index in [1.807, 2.05) is 6.92 Å². The molecule has 0 aliphatic heterocycles.